The number of amides is 1. The van der Waals surface area contributed by atoms with Gasteiger partial charge in [-0.3, -0.25) is 4.79 Å². The fourth-order valence-electron chi connectivity index (χ4n) is 2.86. The molecule has 0 saturated heterocycles. The Labute approximate surface area is 173 Å². The molecular weight excluding hydrogens is 402 g/mol. The lowest BCUT2D eigenvalue weighted by Crippen LogP contribution is -2.13. The molecule has 4 rings (SSSR count). The monoisotopic (exact) mass is 419 g/mol. The van der Waals surface area contributed by atoms with Crippen LogP contribution >= 0.6 is 0 Å². The number of nitrogens with zero attached hydrogens (tertiary/aromatic N) is 4. The number of hydrogen-bond donors (Lipinski definition) is 1. The fraction of sp³-hybridized carbons (Fsp3) is 0.0476. The maximum atomic E-state index is 12.6. The first-order chi connectivity index (χ1) is 14.5. The number of sulfone groups is 1. The van der Waals surface area contributed by atoms with E-state index >= 15 is 0 Å². The Hall–Kier alpha value is -3.85. The molecule has 1 N–H and O–H groups in total. The molecule has 0 bridgehead atoms. The van der Waals surface area contributed by atoms with Crippen molar-refractivity contribution < 1.29 is 13.2 Å². The summed E-state index contributed by atoms with van der Waals surface area (Å²) in [6, 6.07) is 18.2. The van der Waals surface area contributed by atoms with Crippen molar-refractivity contribution in [1.82, 2.24) is 19.7 Å². The van der Waals surface area contributed by atoms with E-state index in [1.165, 1.54) is 23.5 Å². The number of nitrogens with one attached hydrogen (secondary N) is 1. The van der Waals surface area contributed by atoms with Crippen molar-refractivity contribution in [2.45, 2.75) is 10.6 Å². The number of hydrogen-bond acceptors (Lipinski definition) is 6. The second-order valence-electron chi connectivity index (χ2n) is 6.47. The van der Waals surface area contributed by atoms with Gasteiger partial charge in [-0.05, 0) is 42.0 Å². The molecule has 2 heterocycles. The van der Waals surface area contributed by atoms with E-state index in [1.54, 1.807) is 66.7 Å². The van der Waals surface area contributed by atoms with E-state index in [1.807, 2.05) is 0 Å². The third kappa shape index (κ3) is 4.41. The molecule has 0 radical (unpaired) electrons. The minimum absolute atomic E-state index is 0.188. The van der Waals surface area contributed by atoms with Crippen LogP contribution in [0, 0.1) is 0 Å². The maximum absolute atomic E-state index is 12.6. The predicted molar refractivity (Wildman–Crippen MR) is 111 cm³/mol. The summed E-state index contributed by atoms with van der Waals surface area (Å²) in [5.74, 6) is 0.0228. The first-order valence-electron chi connectivity index (χ1n) is 9.00. The first kappa shape index (κ1) is 19.5. The van der Waals surface area contributed by atoms with Gasteiger partial charge in [-0.2, -0.15) is 5.10 Å². The topological polar surface area (TPSA) is 107 Å². The normalized spacial score (nSPS) is 11.2. The highest BCUT2D eigenvalue weighted by atomic mass is 32.2. The molecule has 0 aliphatic carbocycles. The largest absolute Gasteiger partial charge is 0.321 e. The van der Waals surface area contributed by atoms with Crippen LogP contribution in [0.25, 0.3) is 5.82 Å². The zero-order chi connectivity index (χ0) is 21.0. The molecule has 0 aliphatic rings. The molecule has 2 aromatic carbocycles. The van der Waals surface area contributed by atoms with Crippen molar-refractivity contribution in [3.8, 4) is 5.82 Å². The molecule has 0 unspecified atom stereocenters. The van der Waals surface area contributed by atoms with E-state index in [2.05, 4.69) is 20.4 Å². The van der Waals surface area contributed by atoms with Gasteiger partial charge in [0.15, 0.2) is 15.7 Å². The first-order valence-corrected chi connectivity index (χ1v) is 10.7. The van der Waals surface area contributed by atoms with Crippen LogP contribution in [0.15, 0.2) is 90.5 Å². The lowest BCUT2D eigenvalue weighted by atomic mass is 10.1. The second kappa shape index (κ2) is 8.26. The summed E-state index contributed by atoms with van der Waals surface area (Å²) in [5.41, 5.74) is 1.40. The van der Waals surface area contributed by atoms with Crippen LogP contribution in [0.4, 0.5) is 5.69 Å². The Morgan fingerprint density at radius 3 is 2.53 bits per heavy atom. The van der Waals surface area contributed by atoms with Gasteiger partial charge < -0.3 is 5.32 Å². The summed E-state index contributed by atoms with van der Waals surface area (Å²) >= 11 is 0. The molecule has 9 heteroatoms. The van der Waals surface area contributed by atoms with Gasteiger partial charge in [-0.15, -0.1) is 0 Å². The molecule has 0 atom stereocenters. The van der Waals surface area contributed by atoms with Gasteiger partial charge in [-0.1, -0.05) is 30.3 Å². The number of carbonyl (C=O) groups excluding carboxylic acids is 1. The van der Waals surface area contributed by atoms with Crippen molar-refractivity contribution in [2.24, 2.45) is 0 Å². The van der Waals surface area contributed by atoms with Gasteiger partial charge in [0, 0.05) is 5.56 Å². The minimum atomic E-state index is -3.50. The SMILES string of the molecule is O=C(Nc1ccc(-n2cncn2)nc1)c1cccc(CS(=O)(=O)c2ccccc2)c1. The Morgan fingerprint density at radius 2 is 1.83 bits per heavy atom. The van der Waals surface area contributed by atoms with Gasteiger partial charge in [-0.25, -0.2) is 23.1 Å². The second-order valence-corrected chi connectivity index (χ2v) is 8.46. The average Bonchev–Trinajstić information content (AvgIpc) is 3.30. The summed E-state index contributed by atoms with van der Waals surface area (Å²) in [6.07, 6.45) is 4.44. The summed E-state index contributed by atoms with van der Waals surface area (Å²) in [4.78, 5) is 20.9. The van der Waals surface area contributed by atoms with E-state index < -0.39 is 9.84 Å². The Balaban J connectivity index is 1.47. The quantitative estimate of drug-likeness (QED) is 0.515. The molecule has 4 aromatic rings. The zero-order valence-corrected chi connectivity index (χ0v) is 16.5. The van der Waals surface area contributed by atoms with Crippen LogP contribution in [0.1, 0.15) is 15.9 Å². The smallest absolute Gasteiger partial charge is 0.255 e. The molecule has 0 aliphatic heterocycles. The number of rotatable bonds is 6. The number of pyridine rings is 1. The van der Waals surface area contributed by atoms with Crippen LogP contribution in [0.2, 0.25) is 0 Å². The van der Waals surface area contributed by atoms with Crippen LogP contribution < -0.4 is 5.32 Å². The van der Waals surface area contributed by atoms with Gasteiger partial charge in [0.25, 0.3) is 5.91 Å². The molecule has 0 spiro atoms. The number of carbonyl (C=O) groups is 1. The van der Waals surface area contributed by atoms with Crippen molar-refractivity contribution in [1.29, 1.82) is 0 Å². The third-order valence-corrected chi connectivity index (χ3v) is 6.01. The molecular formula is C21H17N5O3S. The standard InChI is InChI=1S/C21H17N5O3S/c27-21(25-18-9-10-20(23-12-18)26-15-22-14-24-26)17-6-4-5-16(11-17)13-30(28,29)19-7-2-1-3-8-19/h1-12,14-15H,13H2,(H,25,27). The van der Waals surface area contributed by atoms with Crippen LogP contribution in [0.3, 0.4) is 0 Å². The number of aromatic nitrogens is 4. The van der Waals surface area contributed by atoms with E-state index in [0.29, 0.717) is 22.6 Å². The highest BCUT2D eigenvalue weighted by Gasteiger charge is 2.16. The highest BCUT2D eigenvalue weighted by Crippen LogP contribution is 2.18. The summed E-state index contributed by atoms with van der Waals surface area (Å²) in [6.45, 7) is 0. The van der Waals surface area contributed by atoms with E-state index in [4.69, 9.17) is 0 Å². The number of benzene rings is 2. The minimum Gasteiger partial charge on any atom is -0.321 e. The molecule has 150 valence electrons. The Kier molecular flexibility index (Phi) is 5.36. The molecule has 2 aromatic heterocycles. The van der Waals surface area contributed by atoms with Gasteiger partial charge >= 0.3 is 0 Å². The van der Waals surface area contributed by atoms with Gasteiger partial charge in [0.1, 0.15) is 12.7 Å². The van der Waals surface area contributed by atoms with Gasteiger partial charge in [0.05, 0.1) is 22.5 Å². The van der Waals surface area contributed by atoms with Crippen LogP contribution in [-0.4, -0.2) is 34.1 Å². The predicted octanol–water partition coefficient (Wildman–Crippen LogP) is 2.89. The van der Waals surface area contributed by atoms with Crippen LogP contribution in [-0.2, 0) is 15.6 Å². The van der Waals surface area contributed by atoms with E-state index in [9.17, 15) is 13.2 Å². The lowest BCUT2D eigenvalue weighted by Gasteiger charge is -2.08. The third-order valence-electron chi connectivity index (χ3n) is 4.31. The maximum Gasteiger partial charge on any atom is 0.255 e. The molecule has 0 saturated carbocycles. The summed E-state index contributed by atoms with van der Waals surface area (Å²) in [7, 11) is -3.50. The summed E-state index contributed by atoms with van der Waals surface area (Å²) in [5, 5.41) is 6.75. The van der Waals surface area contributed by atoms with Crippen LogP contribution in [0.5, 0.6) is 0 Å². The Bertz CT molecular complexity index is 1260. The van der Waals surface area contributed by atoms with E-state index in [-0.39, 0.29) is 16.6 Å². The van der Waals surface area contributed by atoms with E-state index in [0.717, 1.165) is 0 Å². The van der Waals surface area contributed by atoms with Crippen molar-refractivity contribution >= 4 is 21.4 Å². The average molecular weight is 419 g/mol. The Morgan fingerprint density at radius 1 is 1.00 bits per heavy atom. The molecule has 1 amide bonds. The fourth-order valence-corrected chi connectivity index (χ4v) is 4.22. The molecule has 0 fully saturated rings. The highest BCUT2D eigenvalue weighted by molar-refractivity contribution is 7.90. The van der Waals surface area contributed by atoms with Crippen molar-refractivity contribution in [3.63, 3.8) is 0 Å². The summed E-state index contributed by atoms with van der Waals surface area (Å²) < 4.78 is 26.7. The number of anilines is 1. The molecule has 30 heavy (non-hydrogen) atoms. The van der Waals surface area contributed by atoms with Crippen molar-refractivity contribution in [2.75, 3.05) is 5.32 Å². The van der Waals surface area contributed by atoms with Crippen molar-refractivity contribution in [3.05, 3.63) is 96.7 Å². The molecule has 8 nitrogen and oxygen atoms in total. The zero-order valence-electron chi connectivity index (χ0n) is 15.7. The van der Waals surface area contributed by atoms with Gasteiger partial charge in [0.2, 0.25) is 0 Å². The lowest BCUT2D eigenvalue weighted by molar-refractivity contribution is 0.102.